The summed E-state index contributed by atoms with van der Waals surface area (Å²) in [4.78, 5) is 14.9. The van der Waals surface area contributed by atoms with E-state index in [2.05, 4.69) is 31.4 Å². The number of aromatic nitrogens is 1. The van der Waals surface area contributed by atoms with Crippen LogP contribution in [0.15, 0.2) is 58.2 Å². The fraction of sp³-hybridized carbons (Fsp3) is 0.0588. The first-order chi connectivity index (χ1) is 11.6. The van der Waals surface area contributed by atoms with Gasteiger partial charge in [0.1, 0.15) is 5.75 Å². The molecule has 24 heavy (non-hydrogen) atoms. The molecule has 3 rings (SSSR count). The molecule has 0 bridgehead atoms. The quantitative estimate of drug-likeness (QED) is 0.494. The van der Waals surface area contributed by atoms with Crippen LogP contribution in [0.2, 0.25) is 5.02 Å². The van der Waals surface area contributed by atoms with E-state index in [1.807, 2.05) is 30.5 Å². The lowest BCUT2D eigenvalue weighted by atomic mass is 10.2. The molecule has 0 saturated heterocycles. The van der Waals surface area contributed by atoms with Crippen LogP contribution in [0.1, 0.15) is 5.56 Å². The molecule has 122 valence electrons. The lowest BCUT2D eigenvalue weighted by Gasteiger charge is -2.07. The van der Waals surface area contributed by atoms with Gasteiger partial charge in [0.15, 0.2) is 6.61 Å². The van der Waals surface area contributed by atoms with E-state index in [0.29, 0.717) is 10.8 Å². The number of benzene rings is 2. The summed E-state index contributed by atoms with van der Waals surface area (Å²) in [5.74, 6) is 0.0701. The number of hydrazone groups is 1. The smallest absolute Gasteiger partial charge is 0.277 e. The topological polar surface area (TPSA) is 66.5 Å². The van der Waals surface area contributed by atoms with Gasteiger partial charge in [0.2, 0.25) is 0 Å². The van der Waals surface area contributed by atoms with Gasteiger partial charge in [0, 0.05) is 27.1 Å². The first-order valence-electron chi connectivity index (χ1n) is 7.09. The normalized spacial score (nSPS) is 11.1. The average molecular weight is 407 g/mol. The highest BCUT2D eigenvalue weighted by molar-refractivity contribution is 9.10. The zero-order chi connectivity index (χ0) is 16.9. The SMILES string of the molecule is O=C(COc1ccc(Br)cc1Cl)NN=Cc1c[nH]c2ccccc12. The first kappa shape index (κ1) is 16.5. The van der Waals surface area contributed by atoms with Crippen molar-refractivity contribution in [3.63, 3.8) is 0 Å². The summed E-state index contributed by atoms with van der Waals surface area (Å²) >= 11 is 9.33. The molecule has 0 aliphatic heterocycles. The lowest BCUT2D eigenvalue weighted by molar-refractivity contribution is -0.123. The van der Waals surface area contributed by atoms with Crippen molar-refractivity contribution >= 4 is 50.6 Å². The van der Waals surface area contributed by atoms with Crippen LogP contribution in [-0.4, -0.2) is 23.7 Å². The fourth-order valence-corrected chi connectivity index (χ4v) is 2.87. The minimum absolute atomic E-state index is 0.174. The zero-order valence-corrected chi connectivity index (χ0v) is 14.8. The number of hydrogen-bond donors (Lipinski definition) is 2. The first-order valence-corrected chi connectivity index (χ1v) is 8.26. The van der Waals surface area contributed by atoms with Gasteiger partial charge in [-0.05, 0) is 24.3 Å². The van der Waals surface area contributed by atoms with Crippen molar-refractivity contribution in [3.05, 3.63) is 63.7 Å². The number of nitrogens with zero attached hydrogens (tertiary/aromatic N) is 1. The monoisotopic (exact) mass is 405 g/mol. The molecule has 7 heteroatoms. The predicted octanol–water partition coefficient (Wildman–Crippen LogP) is 4.11. The van der Waals surface area contributed by atoms with Gasteiger partial charge in [-0.2, -0.15) is 5.10 Å². The van der Waals surface area contributed by atoms with Crippen molar-refractivity contribution in [2.75, 3.05) is 6.61 Å². The van der Waals surface area contributed by atoms with Gasteiger partial charge in [0.05, 0.1) is 11.2 Å². The van der Waals surface area contributed by atoms with Crippen molar-refractivity contribution in [1.82, 2.24) is 10.4 Å². The van der Waals surface area contributed by atoms with Gasteiger partial charge in [-0.25, -0.2) is 5.43 Å². The second kappa shape index (κ2) is 7.51. The lowest BCUT2D eigenvalue weighted by Crippen LogP contribution is -2.24. The molecule has 0 saturated carbocycles. The Labute approximate surface area is 151 Å². The number of para-hydroxylation sites is 1. The third-order valence-corrected chi connectivity index (χ3v) is 4.06. The molecule has 0 radical (unpaired) electrons. The summed E-state index contributed by atoms with van der Waals surface area (Å²) in [7, 11) is 0. The molecule has 1 heterocycles. The number of halogens is 2. The number of fused-ring (bicyclic) bond motifs is 1. The fourth-order valence-electron chi connectivity index (χ4n) is 2.14. The molecule has 1 amide bonds. The molecule has 2 aromatic carbocycles. The number of aromatic amines is 1. The van der Waals surface area contributed by atoms with Crippen LogP contribution < -0.4 is 10.2 Å². The van der Waals surface area contributed by atoms with Crippen molar-refractivity contribution in [1.29, 1.82) is 0 Å². The number of carbonyl (C=O) groups excluding carboxylic acids is 1. The number of amides is 1. The molecule has 0 spiro atoms. The summed E-state index contributed by atoms with van der Waals surface area (Å²) in [5.41, 5.74) is 4.33. The molecule has 0 fully saturated rings. The molecule has 0 aliphatic rings. The Balaban J connectivity index is 1.55. The van der Waals surface area contributed by atoms with Crippen LogP contribution in [0.4, 0.5) is 0 Å². The summed E-state index contributed by atoms with van der Waals surface area (Å²) in [6.45, 7) is -0.174. The minimum atomic E-state index is -0.370. The second-order valence-corrected chi connectivity index (χ2v) is 6.27. The maximum atomic E-state index is 11.8. The molecule has 2 N–H and O–H groups in total. The standard InChI is InChI=1S/C17H13BrClN3O2/c18-12-5-6-16(14(19)7-12)24-10-17(23)22-21-9-11-8-20-15-4-2-1-3-13(11)15/h1-9,20H,10H2,(H,22,23). The van der Waals surface area contributed by atoms with E-state index < -0.39 is 0 Å². The molecule has 0 unspecified atom stereocenters. The predicted molar refractivity (Wildman–Crippen MR) is 98.7 cm³/mol. The Kier molecular flexibility index (Phi) is 5.17. The van der Waals surface area contributed by atoms with E-state index in [-0.39, 0.29) is 12.5 Å². The van der Waals surface area contributed by atoms with Gasteiger partial charge in [0.25, 0.3) is 5.91 Å². The number of hydrogen-bond acceptors (Lipinski definition) is 3. The molecule has 5 nitrogen and oxygen atoms in total. The second-order valence-electron chi connectivity index (χ2n) is 4.95. The van der Waals surface area contributed by atoms with E-state index in [1.165, 1.54) is 0 Å². The largest absolute Gasteiger partial charge is 0.482 e. The Morgan fingerprint density at radius 2 is 2.17 bits per heavy atom. The van der Waals surface area contributed by atoms with Crippen LogP contribution >= 0.6 is 27.5 Å². The van der Waals surface area contributed by atoms with Crippen LogP contribution in [0.5, 0.6) is 5.75 Å². The van der Waals surface area contributed by atoms with Crippen molar-refractivity contribution < 1.29 is 9.53 Å². The van der Waals surface area contributed by atoms with Crippen molar-refractivity contribution in [3.8, 4) is 5.75 Å². The highest BCUT2D eigenvalue weighted by Gasteiger charge is 2.06. The van der Waals surface area contributed by atoms with Crippen LogP contribution in [0, 0.1) is 0 Å². The van der Waals surface area contributed by atoms with Gasteiger partial charge >= 0.3 is 0 Å². The molecular weight excluding hydrogens is 394 g/mol. The van der Waals surface area contributed by atoms with Crippen molar-refractivity contribution in [2.45, 2.75) is 0 Å². The van der Waals surface area contributed by atoms with Gasteiger partial charge in [-0.3, -0.25) is 4.79 Å². The Bertz CT molecular complexity index is 908. The van der Waals surface area contributed by atoms with E-state index in [1.54, 1.807) is 24.4 Å². The molecule has 1 aromatic heterocycles. The van der Waals surface area contributed by atoms with E-state index in [0.717, 1.165) is 20.9 Å². The third-order valence-electron chi connectivity index (χ3n) is 3.27. The third kappa shape index (κ3) is 3.96. The Hall–Kier alpha value is -2.31. The van der Waals surface area contributed by atoms with E-state index in [4.69, 9.17) is 16.3 Å². The number of carbonyl (C=O) groups is 1. The number of H-pyrrole nitrogens is 1. The summed E-state index contributed by atoms with van der Waals surface area (Å²) < 4.78 is 6.21. The van der Waals surface area contributed by atoms with Crippen LogP contribution in [0.25, 0.3) is 10.9 Å². The number of rotatable bonds is 5. The average Bonchev–Trinajstić information content (AvgIpc) is 2.97. The number of ether oxygens (including phenoxy) is 1. The maximum Gasteiger partial charge on any atom is 0.277 e. The summed E-state index contributed by atoms with van der Waals surface area (Å²) in [5, 5.41) is 5.41. The van der Waals surface area contributed by atoms with Gasteiger partial charge < -0.3 is 9.72 Å². The Morgan fingerprint density at radius 3 is 3.00 bits per heavy atom. The highest BCUT2D eigenvalue weighted by atomic mass is 79.9. The summed E-state index contributed by atoms with van der Waals surface area (Å²) in [6, 6.07) is 13.0. The van der Waals surface area contributed by atoms with Crippen LogP contribution in [-0.2, 0) is 4.79 Å². The van der Waals surface area contributed by atoms with Gasteiger partial charge in [-0.15, -0.1) is 0 Å². The van der Waals surface area contributed by atoms with Gasteiger partial charge in [-0.1, -0.05) is 45.7 Å². The number of nitrogens with one attached hydrogen (secondary N) is 2. The molecular formula is C17H13BrClN3O2. The van der Waals surface area contributed by atoms with Crippen LogP contribution in [0.3, 0.4) is 0 Å². The van der Waals surface area contributed by atoms with E-state index >= 15 is 0 Å². The minimum Gasteiger partial charge on any atom is -0.482 e. The molecule has 0 atom stereocenters. The zero-order valence-electron chi connectivity index (χ0n) is 12.4. The Morgan fingerprint density at radius 1 is 1.33 bits per heavy atom. The van der Waals surface area contributed by atoms with Crippen molar-refractivity contribution in [2.24, 2.45) is 5.10 Å². The molecule has 0 aliphatic carbocycles. The maximum absolute atomic E-state index is 11.8. The van der Waals surface area contributed by atoms with E-state index in [9.17, 15) is 4.79 Å². The summed E-state index contributed by atoms with van der Waals surface area (Å²) in [6.07, 6.45) is 3.42. The molecule has 3 aromatic rings. The highest BCUT2D eigenvalue weighted by Crippen LogP contribution is 2.27.